The highest BCUT2D eigenvalue weighted by molar-refractivity contribution is 7.25. The van der Waals surface area contributed by atoms with Crippen LogP contribution in [0.3, 0.4) is 0 Å². The molecule has 13 aromatic rings. The molecule has 0 aliphatic heterocycles. The van der Waals surface area contributed by atoms with Gasteiger partial charge in [0.05, 0.1) is 0 Å². The minimum atomic E-state index is 0.930. The summed E-state index contributed by atoms with van der Waals surface area (Å²) in [6.07, 6.45) is 0. The summed E-state index contributed by atoms with van der Waals surface area (Å²) >= 11 is 1.85. The lowest BCUT2D eigenvalue weighted by atomic mass is 9.82. The predicted octanol–water partition coefficient (Wildman–Crippen LogP) is 16.7. The fourth-order valence-electron chi connectivity index (χ4n) is 9.94. The van der Waals surface area contributed by atoms with E-state index in [2.05, 4.69) is 194 Å². The third kappa shape index (κ3) is 4.46. The quantitative estimate of drug-likeness (QED) is 0.164. The molecule has 0 aliphatic carbocycles. The Bertz CT molecular complexity index is 3800. The Morgan fingerprint density at radius 2 is 0.776 bits per heavy atom. The Balaban J connectivity index is 1.09. The van der Waals surface area contributed by atoms with Crippen molar-refractivity contribution in [3.63, 3.8) is 0 Å². The van der Waals surface area contributed by atoms with Crippen molar-refractivity contribution < 1.29 is 4.42 Å². The zero-order valence-corrected chi connectivity index (χ0v) is 32.1. The molecule has 0 fully saturated rings. The van der Waals surface area contributed by atoms with Crippen LogP contribution in [0, 0.1) is 0 Å². The highest BCUT2D eigenvalue weighted by Gasteiger charge is 2.22. The summed E-state index contributed by atoms with van der Waals surface area (Å²) < 4.78 is 9.38. The lowest BCUT2D eigenvalue weighted by Gasteiger charge is -2.20. The molecule has 2 heteroatoms. The van der Waals surface area contributed by atoms with E-state index in [1.165, 1.54) is 102 Å². The largest absolute Gasteiger partial charge is 0.455 e. The van der Waals surface area contributed by atoms with Gasteiger partial charge >= 0.3 is 0 Å². The summed E-state index contributed by atoms with van der Waals surface area (Å²) in [5.41, 5.74) is 9.36. The van der Waals surface area contributed by atoms with E-state index in [1.54, 1.807) is 0 Å². The molecule has 2 heterocycles. The number of rotatable bonds is 3. The van der Waals surface area contributed by atoms with E-state index in [4.69, 9.17) is 4.42 Å². The summed E-state index contributed by atoms with van der Waals surface area (Å²) in [5.74, 6) is 0. The number of hydrogen-bond acceptors (Lipinski definition) is 2. The summed E-state index contributed by atoms with van der Waals surface area (Å²) in [6, 6.07) is 71.5. The SMILES string of the molecule is c1ccc2c(-c3c4ccccc4c(-c4ccc(-c5cc6c7cc8sc9ccccc9c8cc7oc6c6ccccc56)c5ccccc45)c4ccccc34)cccc2c1. The monoisotopic (exact) mass is 752 g/mol. The number of furan rings is 1. The first-order valence-corrected chi connectivity index (χ1v) is 20.7. The van der Waals surface area contributed by atoms with Crippen molar-refractivity contribution in [2.45, 2.75) is 0 Å². The Hall–Kier alpha value is -7.26. The topological polar surface area (TPSA) is 13.1 Å². The van der Waals surface area contributed by atoms with Crippen LogP contribution >= 0.6 is 11.3 Å². The molecule has 2 aromatic heterocycles. The third-order valence-electron chi connectivity index (χ3n) is 12.5. The number of benzene rings is 11. The first-order valence-electron chi connectivity index (χ1n) is 19.9. The third-order valence-corrected chi connectivity index (χ3v) is 13.6. The Kier molecular flexibility index (Phi) is 6.66. The van der Waals surface area contributed by atoms with Crippen LogP contribution in [0.5, 0.6) is 0 Å². The molecular formula is C56H32OS. The van der Waals surface area contributed by atoms with Gasteiger partial charge in [-0.2, -0.15) is 0 Å². The molecule has 0 aliphatic rings. The average molecular weight is 753 g/mol. The van der Waals surface area contributed by atoms with Crippen LogP contribution < -0.4 is 0 Å². The smallest absolute Gasteiger partial charge is 0.143 e. The Labute approximate surface area is 337 Å². The molecule has 0 radical (unpaired) electrons. The van der Waals surface area contributed by atoms with Gasteiger partial charge in [0.2, 0.25) is 0 Å². The summed E-state index contributed by atoms with van der Waals surface area (Å²) in [5, 5.41) is 17.2. The van der Waals surface area contributed by atoms with E-state index in [1.807, 2.05) is 11.3 Å². The molecule has 0 unspecified atom stereocenters. The van der Waals surface area contributed by atoms with Gasteiger partial charge in [0.1, 0.15) is 11.2 Å². The van der Waals surface area contributed by atoms with Crippen LogP contribution in [0.4, 0.5) is 0 Å². The van der Waals surface area contributed by atoms with Gasteiger partial charge in [-0.3, -0.25) is 0 Å². The highest BCUT2D eigenvalue weighted by Crippen LogP contribution is 2.49. The van der Waals surface area contributed by atoms with Gasteiger partial charge in [0.15, 0.2) is 0 Å². The first kappa shape index (κ1) is 31.9. The predicted molar refractivity (Wildman–Crippen MR) is 250 cm³/mol. The van der Waals surface area contributed by atoms with Gasteiger partial charge in [0, 0.05) is 36.3 Å². The van der Waals surface area contributed by atoms with Crippen molar-refractivity contribution in [2.75, 3.05) is 0 Å². The molecule has 58 heavy (non-hydrogen) atoms. The van der Waals surface area contributed by atoms with E-state index >= 15 is 0 Å². The highest BCUT2D eigenvalue weighted by atomic mass is 32.1. The first-order chi connectivity index (χ1) is 28.8. The molecule has 13 rings (SSSR count). The standard InChI is InChI=1S/C56H32OS/c1-2-16-34-33(14-1)15-13-26-40(34)54-41-21-6-8-23-43(41)55(44-24-9-7-22-42(44)54)45-29-28-38(35-17-3-4-18-36(35)45)47-30-50-48-32-53-49(39-20-11-12-27-52(39)58-53)31-51(48)57-56(50)46-25-10-5-19-37(46)47/h1-32H. The maximum Gasteiger partial charge on any atom is 0.143 e. The molecule has 0 spiro atoms. The van der Waals surface area contributed by atoms with Crippen LogP contribution in [0.25, 0.3) is 129 Å². The van der Waals surface area contributed by atoms with Crippen LogP contribution in [-0.2, 0) is 0 Å². The van der Waals surface area contributed by atoms with Crippen molar-refractivity contribution in [1.29, 1.82) is 0 Å². The van der Waals surface area contributed by atoms with Crippen molar-refractivity contribution >= 4 is 107 Å². The van der Waals surface area contributed by atoms with Crippen molar-refractivity contribution in [3.8, 4) is 33.4 Å². The molecule has 0 atom stereocenters. The molecule has 0 amide bonds. The lowest BCUT2D eigenvalue weighted by molar-refractivity contribution is 0.673. The van der Waals surface area contributed by atoms with E-state index in [0.29, 0.717) is 0 Å². The van der Waals surface area contributed by atoms with E-state index < -0.39 is 0 Å². The van der Waals surface area contributed by atoms with Crippen molar-refractivity contribution in [1.82, 2.24) is 0 Å². The molecular weight excluding hydrogens is 721 g/mol. The Morgan fingerprint density at radius 1 is 0.276 bits per heavy atom. The molecule has 0 bridgehead atoms. The van der Waals surface area contributed by atoms with E-state index in [0.717, 1.165) is 27.3 Å². The normalized spacial score (nSPS) is 12.1. The minimum absolute atomic E-state index is 0.930. The van der Waals surface area contributed by atoms with Crippen molar-refractivity contribution in [2.24, 2.45) is 0 Å². The van der Waals surface area contributed by atoms with Gasteiger partial charge in [-0.05, 0) is 106 Å². The van der Waals surface area contributed by atoms with Crippen LogP contribution in [0.2, 0.25) is 0 Å². The second-order valence-corrected chi connectivity index (χ2v) is 16.5. The Morgan fingerprint density at radius 3 is 1.47 bits per heavy atom. The second kappa shape index (κ2) is 12.1. The maximum absolute atomic E-state index is 6.80. The maximum atomic E-state index is 6.80. The fraction of sp³-hybridized carbons (Fsp3) is 0. The van der Waals surface area contributed by atoms with Gasteiger partial charge < -0.3 is 4.42 Å². The zero-order valence-electron chi connectivity index (χ0n) is 31.3. The summed E-state index contributed by atoms with van der Waals surface area (Å²) in [7, 11) is 0. The minimum Gasteiger partial charge on any atom is -0.455 e. The van der Waals surface area contributed by atoms with Crippen LogP contribution in [-0.4, -0.2) is 0 Å². The molecule has 11 aromatic carbocycles. The van der Waals surface area contributed by atoms with E-state index in [-0.39, 0.29) is 0 Å². The number of hydrogen-bond donors (Lipinski definition) is 0. The van der Waals surface area contributed by atoms with Crippen LogP contribution in [0.1, 0.15) is 0 Å². The molecule has 0 saturated carbocycles. The average Bonchev–Trinajstić information content (AvgIpc) is 3.84. The van der Waals surface area contributed by atoms with Crippen molar-refractivity contribution in [3.05, 3.63) is 194 Å². The van der Waals surface area contributed by atoms with Crippen LogP contribution in [0.15, 0.2) is 199 Å². The fourth-order valence-corrected chi connectivity index (χ4v) is 11.1. The lowest BCUT2D eigenvalue weighted by Crippen LogP contribution is -1.93. The van der Waals surface area contributed by atoms with E-state index in [9.17, 15) is 0 Å². The second-order valence-electron chi connectivity index (χ2n) is 15.5. The molecule has 0 N–H and O–H groups in total. The van der Waals surface area contributed by atoms with Gasteiger partial charge in [0.25, 0.3) is 0 Å². The van der Waals surface area contributed by atoms with Gasteiger partial charge in [-0.1, -0.05) is 170 Å². The molecule has 268 valence electrons. The number of thiophene rings is 1. The summed E-state index contributed by atoms with van der Waals surface area (Å²) in [6.45, 7) is 0. The number of fused-ring (bicyclic) bond motifs is 12. The summed E-state index contributed by atoms with van der Waals surface area (Å²) in [4.78, 5) is 0. The van der Waals surface area contributed by atoms with Gasteiger partial charge in [-0.15, -0.1) is 11.3 Å². The van der Waals surface area contributed by atoms with Gasteiger partial charge in [-0.25, -0.2) is 0 Å². The zero-order chi connectivity index (χ0) is 37.9. The molecule has 1 nitrogen and oxygen atoms in total. The molecule has 0 saturated heterocycles.